The Bertz CT molecular complexity index is 354. The Morgan fingerprint density at radius 3 is 2.21 bits per heavy atom. The van der Waals surface area contributed by atoms with E-state index in [9.17, 15) is 0 Å². The number of rotatable bonds is 6. The highest BCUT2D eigenvalue weighted by atomic mass is 14.7. The molecule has 0 spiro atoms. The fourth-order valence-corrected chi connectivity index (χ4v) is 0.993. The molecule has 1 heteroatoms. The zero-order chi connectivity index (χ0) is 15.1. The normalized spacial score (nSPS) is 14.2. The summed E-state index contributed by atoms with van der Waals surface area (Å²) in [5.74, 6) is 0.392. The van der Waals surface area contributed by atoms with Gasteiger partial charge in [-0.1, -0.05) is 76.3 Å². The Morgan fingerprint density at radius 1 is 1.16 bits per heavy atom. The lowest BCUT2D eigenvalue weighted by Gasteiger charge is -1.96. The first-order valence-corrected chi connectivity index (χ1v) is 6.82. The Morgan fingerprint density at radius 2 is 1.74 bits per heavy atom. The molecule has 0 aromatic carbocycles. The molecule has 106 valence electrons. The monoisotopic (exact) mass is 259 g/mol. The van der Waals surface area contributed by atoms with E-state index in [-0.39, 0.29) is 0 Å². The molecule has 0 aliphatic carbocycles. The van der Waals surface area contributed by atoms with Crippen LogP contribution in [0.5, 0.6) is 0 Å². The molecular formula is C18H29N. The van der Waals surface area contributed by atoms with Crippen molar-refractivity contribution >= 4 is 5.71 Å². The van der Waals surface area contributed by atoms with Gasteiger partial charge in [0.1, 0.15) is 0 Å². The van der Waals surface area contributed by atoms with Gasteiger partial charge in [-0.2, -0.15) is 0 Å². The lowest BCUT2D eigenvalue weighted by Crippen LogP contribution is -1.87. The van der Waals surface area contributed by atoms with E-state index in [0.29, 0.717) is 5.92 Å². The minimum Gasteiger partial charge on any atom is -0.262 e. The summed E-state index contributed by atoms with van der Waals surface area (Å²) in [6, 6.07) is 0. The molecule has 0 saturated carbocycles. The van der Waals surface area contributed by atoms with Crippen LogP contribution in [0.3, 0.4) is 0 Å². The maximum Gasteiger partial charge on any atom is 0.0369 e. The van der Waals surface area contributed by atoms with Gasteiger partial charge in [0.25, 0.3) is 0 Å². The average molecular weight is 259 g/mol. The molecule has 0 amide bonds. The van der Waals surface area contributed by atoms with Crippen molar-refractivity contribution in [3.8, 4) is 0 Å². The van der Waals surface area contributed by atoms with Crippen molar-refractivity contribution < 1.29 is 0 Å². The quantitative estimate of drug-likeness (QED) is 0.417. The van der Waals surface area contributed by atoms with Crippen molar-refractivity contribution in [1.82, 2.24) is 0 Å². The second kappa shape index (κ2) is 14.4. The smallest absolute Gasteiger partial charge is 0.0369 e. The molecule has 0 aromatic rings. The predicted molar refractivity (Wildman–Crippen MR) is 90.7 cm³/mol. The molecule has 0 radical (unpaired) electrons. The van der Waals surface area contributed by atoms with Crippen LogP contribution in [0, 0.1) is 5.92 Å². The summed E-state index contributed by atoms with van der Waals surface area (Å²) in [6.45, 7) is 17.6. The van der Waals surface area contributed by atoms with Crippen LogP contribution >= 0.6 is 0 Å². The van der Waals surface area contributed by atoms with Crippen LogP contribution in [-0.4, -0.2) is 5.71 Å². The van der Waals surface area contributed by atoms with E-state index in [2.05, 4.69) is 51.1 Å². The van der Waals surface area contributed by atoms with Crippen molar-refractivity contribution in [2.75, 3.05) is 0 Å². The van der Waals surface area contributed by atoms with Gasteiger partial charge in [-0.25, -0.2) is 0 Å². The third kappa shape index (κ3) is 16.4. The highest BCUT2D eigenvalue weighted by Crippen LogP contribution is 2.02. The van der Waals surface area contributed by atoms with Gasteiger partial charge in [0.15, 0.2) is 0 Å². The second-order valence-corrected chi connectivity index (χ2v) is 4.38. The molecule has 0 bridgehead atoms. The number of hydrogen-bond acceptors (Lipinski definition) is 1. The maximum atomic E-state index is 4.06. The molecule has 0 aliphatic heterocycles. The number of aliphatic imine (C=N–C) groups is 1. The van der Waals surface area contributed by atoms with E-state index in [1.807, 2.05) is 38.2 Å². The molecule has 0 heterocycles. The fourth-order valence-electron chi connectivity index (χ4n) is 0.993. The first-order valence-electron chi connectivity index (χ1n) is 6.82. The summed E-state index contributed by atoms with van der Waals surface area (Å²) < 4.78 is 0. The summed E-state index contributed by atoms with van der Waals surface area (Å²) in [7, 11) is 0. The van der Waals surface area contributed by atoms with Crippen LogP contribution in [0.2, 0.25) is 0 Å². The van der Waals surface area contributed by atoms with Gasteiger partial charge in [0.05, 0.1) is 0 Å². The lowest BCUT2D eigenvalue weighted by atomic mass is 10.1. The summed E-state index contributed by atoms with van der Waals surface area (Å²) in [4.78, 5) is 4.06. The predicted octanol–water partition coefficient (Wildman–Crippen LogP) is 5.89. The first kappa shape index (κ1) is 19.7. The molecule has 0 aromatic heterocycles. The van der Waals surface area contributed by atoms with Gasteiger partial charge in [-0.3, -0.25) is 4.99 Å². The van der Waals surface area contributed by atoms with Gasteiger partial charge >= 0.3 is 0 Å². The van der Waals surface area contributed by atoms with Gasteiger partial charge < -0.3 is 0 Å². The molecule has 0 rings (SSSR count). The van der Waals surface area contributed by atoms with Crippen molar-refractivity contribution in [2.24, 2.45) is 10.9 Å². The first-order chi connectivity index (χ1) is 9.01. The van der Waals surface area contributed by atoms with E-state index in [4.69, 9.17) is 0 Å². The Labute approximate surface area is 119 Å². The molecule has 1 atom stereocenters. The van der Waals surface area contributed by atoms with Crippen molar-refractivity contribution in [1.29, 1.82) is 0 Å². The molecule has 19 heavy (non-hydrogen) atoms. The van der Waals surface area contributed by atoms with Crippen molar-refractivity contribution in [2.45, 2.75) is 41.0 Å². The summed E-state index contributed by atoms with van der Waals surface area (Å²) in [5.41, 5.74) is 2.13. The fraction of sp³-hybridized carbons (Fsp3) is 0.389. The Hall–Kier alpha value is -1.63. The van der Waals surface area contributed by atoms with Crippen LogP contribution in [0.1, 0.15) is 41.0 Å². The molecule has 1 nitrogen and oxygen atoms in total. The van der Waals surface area contributed by atoms with E-state index in [1.165, 1.54) is 6.42 Å². The van der Waals surface area contributed by atoms with Crippen molar-refractivity contribution in [3.05, 3.63) is 61.4 Å². The molecule has 1 unspecified atom stereocenters. The van der Waals surface area contributed by atoms with Crippen LogP contribution in [0.25, 0.3) is 0 Å². The lowest BCUT2D eigenvalue weighted by molar-refractivity contribution is 0.941. The zero-order valence-corrected chi connectivity index (χ0v) is 13.2. The average Bonchev–Trinajstić information content (AvgIpc) is 2.37. The summed E-state index contributed by atoms with van der Waals surface area (Å²) in [5, 5.41) is 0. The van der Waals surface area contributed by atoms with Gasteiger partial charge in [0.2, 0.25) is 0 Å². The maximum absolute atomic E-state index is 4.06. The number of nitrogens with zero attached hydrogens (tertiary/aromatic N) is 1. The van der Waals surface area contributed by atoms with E-state index < -0.39 is 0 Å². The summed E-state index contributed by atoms with van der Waals surface area (Å²) >= 11 is 0. The highest BCUT2D eigenvalue weighted by molar-refractivity contribution is 5.93. The Kier molecular flexibility index (Phi) is 15.0. The van der Waals surface area contributed by atoms with Crippen LogP contribution in [-0.2, 0) is 0 Å². The summed E-state index contributed by atoms with van der Waals surface area (Å²) in [6.07, 6.45) is 15.0. The molecular weight excluding hydrogens is 230 g/mol. The number of hydrogen-bond donors (Lipinski definition) is 0. The van der Waals surface area contributed by atoms with Crippen LogP contribution in [0.4, 0.5) is 0 Å². The van der Waals surface area contributed by atoms with Crippen LogP contribution in [0.15, 0.2) is 66.4 Å². The van der Waals surface area contributed by atoms with Crippen LogP contribution < -0.4 is 0 Å². The standard InChI is InChI=1S/C15H21N.C3H8/c1-6-13(3)9-8-10-14(4)11-12-15(5)16-7-2;1-3-2/h6-12,14H,1-2H2,3-5H3;3H2,1-2H3/b10-8+,12-11-,13-9-,16-15?;. The highest BCUT2D eigenvalue weighted by Gasteiger charge is 1.88. The number of allylic oxidation sites excluding steroid dienone is 7. The largest absolute Gasteiger partial charge is 0.262 e. The van der Waals surface area contributed by atoms with E-state index in [0.717, 1.165) is 11.3 Å². The molecule has 0 aliphatic rings. The topological polar surface area (TPSA) is 12.4 Å². The second-order valence-electron chi connectivity index (χ2n) is 4.38. The van der Waals surface area contributed by atoms with Gasteiger partial charge in [0, 0.05) is 11.9 Å². The third-order valence-corrected chi connectivity index (χ3v) is 2.03. The van der Waals surface area contributed by atoms with Gasteiger partial charge in [-0.05, 0) is 25.8 Å². The third-order valence-electron chi connectivity index (χ3n) is 2.03. The van der Waals surface area contributed by atoms with Gasteiger partial charge in [-0.15, -0.1) is 0 Å². The molecule has 0 N–H and O–H groups in total. The minimum absolute atomic E-state index is 0.392. The van der Waals surface area contributed by atoms with E-state index >= 15 is 0 Å². The van der Waals surface area contributed by atoms with Crippen molar-refractivity contribution in [3.63, 3.8) is 0 Å². The molecule has 0 fully saturated rings. The minimum atomic E-state index is 0.392. The zero-order valence-electron chi connectivity index (χ0n) is 13.2. The molecule has 0 saturated heterocycles. The SMILES string of the molecule is C=CN=C(C)/C=C\C(C)/C=C/C=C(/C)C=C.CCC. The van der Waals surface area contributed by atoms with E-state index in [1.54, 1.807) is 6.20 Å². The Balaban J connectivity index is 0.